The highest BCUT2D eigenvalue weighted by atomic mass is 19.4. The number of halogens is 3. The first-order valence-electron chi connectivity index (χ1n) is 15.4. The molecular formula is C31H37F3N10O. The second-order valence-corrected chi connectivity index (χ2v) is 12.9. The van der Waals surface area contributed by atoms with E-state index in [1.54, 1.807) is 30.2 Å². The fourth-order valence-corrected chi connectivity index (χ4v) is 7.22. The van der Waals surface area contributed by atoms with Crippen molar-refractivity contribution in [2.24, 2.45) is 24.0 Å². The Morgan fingerprint density at radius 1 is 1.18 bits per heavy atom. The van der Waals surface area contributed by atoms with Crippen LogP contribution in [-0.2, 0) is 31.7 Å². The van der Waals surface area contributed by atoms with Gasteiger partial charge in [-0.2, -0.15) is 18.3 Å². The van der Waals surface area contributed by atoms with Crippen molar-refractivity contribution in [2.75, 3.05) is 36.4 Å². The number of likely N-dealkylation sites (tertiary alicyclic amines) is 1. The number of anilines is 2. The number of azide groups is 1. The number of piperidine rings is 1. The van der Waals surface area contributed by atoms with Crippen molar-refractivity contribution in [1.82, 2.24) is 24.6 Å². The van der Waals surface area contributed by atoms with Crippen molar-refractivity contribution in [1.29, 1.82) is 0 Å². The van der Waals surface area contributed by atoms with Crippen molar-refractivity contribution in [2.45, 2.75) is 64.2 Å². The zero-order valence-corrected chi connectivity index (χ0v) is 25.7. The average molecular weight is 623 g/mol. The second-order valence-electron chi connectivity index (χ2n) is 12.9. The first-order valence-corrected chi connectivity index (χ1v) is 15.4. The van der Waals surface area contributed by atoms with Crippen LogP contribution in [0.5, 0.6) is 0 Å². The second kappa shape index (κ2) is 12.0. The predicted octanol–water partition coefficient (Wildman–Crippen LogP) is 6.06. The molecule has 3 aliphatic rings. The molecule has 2 aliphatic heterocycles. The van der Waals surface area contributed by atoms with Gasteiger partial charge in [0.05, 0.1) is 17.5 Å². The molecule has 238 valence electrons. The summed E-state index contributed by atoms with van der Waals surface area (Å²) in [7, 11) is 1.80. The van der Waals surface area contributed by atoms with Crippen LogP contribution in [0.2, 0.25) is 0 Å². The number of hydrogen-bond donors (Lipinski definition) is 1. The summed E-state index contributed by atoms with van der Waals surface area (Å²) in [6.07, 6.45) is 0.661. The molecule has 45 heavy (non-hydrogen) atoms. The Hall–Kier alpha value is -4.16. The number of benzene rings is 1. The lowest BCUT2D eigenvalue weighted by Crippen LogP contribution is -2.42. The molecule has 11 nitrogen and oxygen atoms in total. The first-order chi connectivity index (χ1) is 21.5. The fraction of sp³-hybridized carbons (Fsp3) is 0.548. The van der Waals surface area contributed by atoms with Gasteiger partial charge in [-0.25, -0.2) is 9.97 Å². The molecule has 1 saturated carbocycles. The number of hydrogen-bond acceptors (Lipinski definition) is 7. The number of fused-ring (bicyclic) bond motifs is 1. The first kappa shape index (κ1) is 30.8. The van der Waals surface area contributed by atoms with Gasteiger partial charge in [-0.15, -0.1) is 0 Å². The number of aryl methyl sites for hydroxylation is 1. The van der Waals surface area contributed by atoms with E-state index in [0.29, 0.717) is 35.6 Å². The van der Waals surface area contributed by atoms with Gasteiger partial charge in [0, 0.05) is 43.7 Å². The Morgan fingerprint density at radius 3 is 2.64 bits per heavy atom. The van der Waals surface area contributed by atoms with Gasteiger partial charge in [0.25, 0.3) is 5.91 Å². The molecule has 0 bridgehead atoms. The summed E-state index contributed by atoms with van der Waals surface area (Å²) in [6.45, 7) is 6.50. The quantitative estimate of drug-likeness (QED) is 0.134. The molecule has 14 heteroatoms. The van der Waals surface area contributed by atoms with Gasteiger partial charge in [0.2, 0.25) is 0 Å². The molecule has 2 fully saturated rings. The third-order valence-corrected chi connectivity index (χ3v) is 9.20. The minimum atomic E-state index is -4.62. The highest BCUT2D eigenvalue weighted by molar-refractivity contribution is 6.10. The van der Waals surface area contributed by atoms with Crippen LogP contribution in [0.1, 0.15) is 78.0 Å². The van der Waals surface area contributed by atoms with Crippen molar-refractivity contribution >= 4 is 17.5 Å². The van der Waals surface area contributed by atoms with Crippen LogP contribution >= 0.6 is 0 Å². The lowest BCUT2D eigenvalue weighted by Gasteiger charge is -2.45. The van der Waals surface area contributed by atoms with Crippen LogP contribution in [0.4, 0.5) is 24.8 Å². The van der Waals surface area contributed by atoms with Crippen LogP contribution < -0.4 is 10.2 Å². The van der Waals surface area contributed by atoms with E-state index >= 15 is 0 Å². The highest BCUT2D eigenvalue weighted by Crippen LogP contribution is 2.52. The maximum Gasteiger partial charge on any atom is 0.416 e. The number of rotatable bonds is 9. The molecule has 1 saturated heterocycles. The topological polar surface area (TPSA) is 128 Å². The van der Waals surface area contributed by atoms with Gasteiger partial charge in [0.15, 0.2) is 5.82 Å². The molecule has 1 aliphatic carbocycles. The predicted molar refractivity (Wildman–Crippen MR) is 163 cm³/mol. The van der Waals surface area contributed by atoms with Gasteiger partial charge in [-0.3, -0.25) is 19.3 Å². The van der Waals surface area contributed by atoms with Crippen LogP contribution in [0.3, 0.4) is 0 Å². The van der Waals surface area contributed by atoms with E-state index in [4.69, 9.17) is 5.53 Å². The number of amides is 1. The summed E-state index contributed by atoms with van der Waals surface area (Å²) >= 11 is 0. The summed E-state index contributed by atoms with van der Waals surface area (Å²) in [5.74, 6) is 1.68. The minimum absolute atomic E-state index is 0.0355. The van der Waals surface area contributed by atoms with Gasteiger partial charge in [0.1, 0.15) is 18.0 Å². The number of aromatic nitrogens is 4. The smallest absolute Gasteiger partial charge is 0.370 e. The molecule has 1 N–H and O–H groups in total. The van der Waals surface area contributed by atoms with E-state index in [-0.39, 0.29) is 36.6 Å². The van der Waals surface area contributed by atoms with E-state index in [1.807, 2.05) is 6.07 Å². The summed E-state index contributed by atoms with van der Waals surface area (Å²) in [5, 5.41) is 11.3. The van der Waals surface area contributed by atoms with Gasteiger partial charge in [-0.1, -0.05) is 19.0 Å². The maximum absolute atomic E-state index is 14.5. The molecule has 6 rings (SSSR count). The Morgan fingerprint density at radius 2 is 1.98 bits per heavy atom. The van der Waals surface area contributed by atoms with Crippen LogP contribution in [-0.4, -0.2) is 56.7 Å². The number of pyridine rings is 1. The van der Waals surface area contributed by atoms with Crippen LogP contribution in [0, 0.1) is 11.8 Å². The minimum Gasteiger partial charge on any atom is -0.370 e. The van der Waals surface area contributed by atoms with E-state index in [2.05, 4.69) is 49.2 Å². The van der Waals surface area contributed by atoms with Crippen LogP contribution in [0.15, 0.2) is 35.7 Å². The number of alkyl halides is 3. The molecule has 2 aromatic heterocycles. The monoisotopic (exact) mass is 622 g/mol. The molecular weight excluding hydrogens is 585 g/mol. The number of nitrogens with zero attached hydrogens (tertiary/aromatic N) is 9. The lowest BCUT2D eigenvalue weighted by molar-refractivity contribution is -0.138. The molecule has 0 spiro atoms. The SMILES string of the molecule is CC1CC(c2cc(NCCN=[N+]=[N-])nc(N3Cc4c(cc(CN5CCC[C@H](C)C5)cc4C(F)(F)F)C3=O)c2)(c2ncn(C)n2)C1. The Labute approximate surface area is 259 Å². The summed E-state index contributed by atoms with van der Waals surface area (Å²) in [6, 6.07) is 6.49. The van der Waals surface area contributed by atoms with Gasteiger partial charge < -0.3 is 5.32 Å². The maximum atomic E-state index is 14.5. The number of nitrogens with one attached hydrogen (secondary N) is 1. The highest BCUT2D eigenvalue weighted by Gasteiger charge is 2.49. The van der Waals surface area contributed by atoms with E-state index in [9.17, 15) is 18.0 Å². The lowest BCUT2D eigenvalue weighted by atomic mass is 9.59. The molecule has 0 radical (unpaired) electrons. The van der Waals surface area contributed by atoms with E-state index < -0.39 is 23.1 Å². The molecule has 1 amide bonds. The normalized spacial score (nSPS) is 23.4. The summed E-state index contributed by atoms with van der Waals surface area (Å²) in [4.78, 5) is 29.5. The number of carbonyl (C=O) groups is 1. The Bertz CT molecular complexity index is 1640. The molecule has 3 aromatic rings. The van der Waals surface area contributed by atoms with Crippen molar-refractivity contribution in [3.05, 3.63) is 74.7 Å². The average Bonchev–Trinajstić information content (AvgIpc) is 3.55. The van der Waals surface area contributed by atoms with Crippen molar-refractivity contribution in [3.8, 4) is 0 Å². The fourth-order valence-electron chi connectivity index (χ4n) is 7.22. The van der Waals surface area contributed by atoms with Crippen molar-refractivity contribution < 1.29 is 18.0 Å². The summed E-state index contributed by atoms with van der Waals surface area (Å²) in [5.41, 5.74) is 8.70. The molecule has 4 heterocycles. The Balaban J connectivity index is 1.39. The zero-order chi connectivity index (χ0) is 31.9. The van der Waals surface area contributed by atoms with Gasteiger partial charge in [-0.05, 0) is 90.6 Å². The van der Waals surface area contributed by atoms with E-state index in [0.717, 1.165) is 44.3 Å². The molecule has 1 aromatic carbocycles. The largest absolute Gasteiger partial charge is 0.416 e. The number of carbonyl (C=O) groups excluding carboxylic acids is 1. The molecule has 0 unspecified atom stereocenters. The van der Waals surface area contributed by atoms with E-state index in [1.165, 1.54) is 11.0 Å². The third kappa shape index (κ3) is 6.08. The third-order valence-electron chi connectivity index (χ3n) is 9.20. The van der Waals surface area contributed by atoms with Crippen LogP contribution in [0.25, 0.3) is 10.4 Å². The summed E-state index contributed by atoms with van der Waals surface area (Å²) < 4.78 is 45.0. The van der Waals surface area contributed by atoms with Crippen molar-refractivity contribution in [3.63, 3.8) is 0 Å². The Kier molecular flexibility index (Phi) is 8.21. The standard InChI is InChI=1S/C31H37F3N10O/c1-19-5-4-8-43(15-19)16-21-9-23-24(25(10-21)31(32,33)34)17-44(28(23)45)27-12-22(11-26(39-27)36-6-7-38-41-35)30(13-20(2)14-30)29-37-18-42(3)40-29/h9-12,18-20H,4-8,13-17H2,1-3H3,(H,36,39)/t19-,20?,30?/m0/s1. The zero-order valence-electron chi connectivity index (χ0n) is 25.7. The molecule has 1 atom stereocenters. The van der Waals surface area contributed by atoms with Gasteiger partial charge >= 0.3 is 6.18 Å².